The van der Waals surface area contributed by atoms with Gasteiger partial charge in [-0.25, -0.2) is 4.79 Å². The van der Waals surface area contributed by atoms with Crippen LogP contribution in [0.15, 0.2) is 48.5 Å². The van der Waals surface area contributed by atoms with Gasteiger partial charge < -0.3 is 10.1 Å². The van der Waals surface area contributed by atoms with Gasteiger partial charge in [0.25, 0.3) is 5.69 Å². The van der Waals surface area contributed by atoms with Gasteiger partial charge in [0.1, 0.15) is 12.3 Å². The van der Waals surface area contributed by atoms with Gasteiger partial charge in [0.15, 0.2) is 0 Å². The number of aromatic nitrogens is 2. The van der Waals surface area contributed by atoms with E-state index in [1.807, 2.05) is 30.3 Å². The number of ether oxygens (including phenoxy) is 1. The smallest absolute Gasteiger partial charge is 0.408 e. The van der Waals surface area contributed by atoms with Gasteiger partial charge in [-0.05, 0) is 17.6 Å². The number of alkyl carbamates (subject to hydrolysis) is 1. The summed E-state index contributed by atoms with van der Waals surface area (Å²) in [5.41, 5.74) is 1.88. The van der Waals surface area contributed by atoms with Crippen molar-refractivity contribution in [3.05, 3.63) is 69.9 Å². The molecule has 0 atom stereocenters. The third-order valence-electron chi connectivity index (χ3n) is 3.50. The van der Waals surface area contributed by atoms with Crippen LogP contribution in [0.3, 0.4) is 0 Å². The number of carbonyl (C=O) groups is 1. The fraction of sp³-hybridized carbons (Fsp3) is 0.111. The molecule has 0 fully saturated rings. The number of hydrogen-bond donors (Lipinski definition) is 2. The highest BCUT2D eigenvalue weighted by molar-refractivity contribution is 5.86. The van der Waals surface area contributed by atoms with E-state index in [4.69, 9.17) is 4.74 Å². The highest BCUT2D eigenvalue weighted by Crippen LogP contribution is 2.21. The van der Waals surface area contributed by atoms with Gasteiger partial charge in [-0.3, -0.25) is 15.2 Å². The zero-order valence-electron chi connectivity index (χ0n) is 13.6. The molecule has 0 spiro atoms. The van der Waals surface area contributed by atoms with Gasteiger partial charge in [0.05, 0.1) is 17.0 Å². The first-order valence-corrected chi connectivity index (χ1v) is 7.69. The summed E-state index contributed by atoms with van der Waals surface area (Å²) in [7, 11) is 0. The van der Waals surface area contributed by atoms with Gasteiger partial charge >= 0.3 is 6.09 Å². The summed E-state index contributed by atoms with van der Waals surface area (Å²) in [4.78, 5) is 22.0. The first kappa shape index (κ1) is 17.0. The van der Waals surface area contributed by atoms with Crippen LogP contribution in [0, 0.1) is 22.0 Å². The minimum atomic E-state index is -0.576. The molecule has 2 aromatic carbocycles. The third-order valence-corrected chi connectivity index (χ3v) is 3.50. The average Bonchev–Trinajstić information content (AvgIpc) is 3.06. The van der Waals surface area contributed by atoms with E-state index in [0.717, 1.165) is 5.56 Å². The molecule has 0 radical (unpaired) electrons. The Bertz CT molecular complexity index is 1000. The molecule has 0 aliphatic rings. The van der Waals surface area contributed by atoms with E-state index in [1.54, 1.807) is 6.07 Å². The lowest BCUT2D eigenvalue weighted by Crippen LogP contribution is -2.24. The Morgan fingerprint density at radius 3 is 2.85 bits per heavy atom. The molecule has 0 aliphatic carbocycles. The summed E-state index contributed by atoms with van der Waals surface area (Å²) in [6.45, 7) is 0.248. The third kappa shape index (κ3) is 4.15. The topological polar surface area (TPSA) is 110 Å². The second kappa shape index (κ2) is 7.81. The lowest BCUT2D eigenvalue weighted by molar-refractivity contribution is -0.384. The van der Waals surface area contributed by atoms with Crippen LogP contribution in [-0.2, 0) is 11.3 Å². The fourth-order valence-electron chi connectivity index (χ4n) is 2.23. The van der Waals surface area contributed by atoms with Gasteiger partial charge in [-0.2, -0.15) is 5.10 Å². The lowest BCUT2D eigenvalue weighted by atomic mass is 10.2. The molecule has 2 N–H and O–H groups in total. The molecule has 0 bridgehead atoms. The molecule has 8 heteroatoms. The summed E-state index contributed by atoms with van der Waals surface area (Å²) in [5, 5.41) is 20.7. The number of nitro benzene ring substituents is 1. The number of non-ortho nitro benzene ring substituents is 1. The Morgan fingerprint density at radius 1 is 1.27 bits per heavy atom. The quantitative estimate of drug-likeness (QED) is 0.427. The van der Waals surface area contributed by atoms with Crippen molar-refractivity contribution < 1.29 is 14.5 Å². The van der Waals surface area contributed by atoms with Crippen molar-refractivity contribution in [1.82, 2.24) is 15.5 Å². The van der Waals surface area contributed by atoms with Crippen molar-refractivity contribution in [2.75, 3.05) is 6.54 Å². The molecule has 0 unspecified atom stereocenters. The molecule has 0 aliphatic heterocycles. The Labute approximate surface area is 148 Å². The summed E-state index contributed by atoms with van der Waals surface area (Å²) in [5.74, 6) is 5.56. The first-order valence-electron chi connectivity index (χ1n) is 7.69. The summed E-state index contributed by atoms with van der Waals surface area (Å²) < 4.78 is 5.06. The number of benzene rings is 2. The normalized spacial score (nSPS) is 10.0. The number of hydrogen-bond acceptors (Lipinski definition) is 5. The predicted octanol–water partition coefficient (Wildman–Crippen LogP) is 2.75. The molecule has 0 saturated heterocycles. The molecular weight excluding hydrogens is 336 g/mol. The standard InChI is InChI=1S/C18H14N4O4/c23-18(26-12-13-5-2-1-3-6-13)19-10-4-7-16-15-11-14(22(24)25)8-9-17(15)21-20-16/h1-3,5-6,8-9,11H,10,12H2,(H,19,23)(H,20,21). The molecule has 3 rings (SSSR count). The highest BCUT2D eigenvalue weighted by atomic mass is 16.6. The number of carbonyl (C=O) groups excluding carboxylic acids is 1. The van der Waals surface area contributed by atoms with Crippen LogP contribution >= 0.6 is 0 Å². The molecule has 1 amide bonds. The number of rotatable bonds is 4. The SMILES string of the molecule is O=C(NCC#Cc1[nH]nc2ccc([N+](=O)[O-])cc12)OCc1ccccc1. The van der Waals surface area contributed by atoms with Crippen molar-refractivity contribution in [3.63, 3.8) is 0 Å². The number of fused-ring (bicyclic) bond motifs is 1. The first-order chi connectivity index (χ1) is 12.6. The largest absolute Gasteiger partial charge is 0.445 e. The van der Waals surface area contributed by atoms with Crippen LogP contribution < -0.4 is 5.32 Å². The molecule has 8 nitrogen and oxygen atoms in total. The van der Waals surface area contributed by atoms with Crippen LogP contribution in [0.25, 0.3) is 10.9 Å². The van der Waals surface area contributed by atoms with Gasteiger partial charge in [-0.15, -0.1) is 0 Å². The Kier molecular flexibility index (Phi) is 5.10. The van der Waals surface area contributed by atoms with Crippen molar-refractivity contribution in [3.8, 4) is 11.8 Å². The van der Waals surface area contributed by atoms with Gasteiger partial charge in [0, 0.05) is 17.5 Å². The number of amides is 1. The second-order valence-electron chi connectivity index (χ2n) is 5.27. The van der Waals surface area contributed by atoms with E-state index in [1.165, 1.54) is 12.1 Å². The maximum Gasteiger partial charge on any atom is 0.408 e. The van der Waals surface area contributed by atoms with Crippen molar-refractivity contribution >= 4 is 22.7 Å². The summed E-state index contributed by atoms with van der Waals surface area (Å²) in [6, 6.07) is 13.7. The molecule has 26 heavy (non-hydrogen) atoms. The van der Waals surface area contributed by atoms with Crippen molar-refractivity contribution in [2.24, 2.45) is 0 Å². The number of H-pyrrole nitrogens is 1. The van der Waals surface area contributed by atoms with Crippen molar-refractivity contribution in [2.45, 2.75) is 6.61 Å². The number of nitrogens with zero attached hydrogens (tertiary/aromatic N) is 2. The maximum absolute atomic E-state index is 11.6. The summed E-state index contributed by atoms with van der Waals surface area (Å²) >= 11 is 0. The summed E-state index contributed by atoms with van der Waals surface area (Å²) in [6.07, 6.45) is -0.576. The molecule has 1 aromatic heterocycles. The number of nitrogens with one attached hydrogen (secondary N) is 2. The molecule has 3 aromatic rings. The molecule has 0 saturated carbocycles. The van der Waals surface area contributed by atoms with Gasteiger partial charge in [0.2, 0.25) is 0 Å². The van der Waals surface area contributed by atoms with Crippen LogP contribution in [0.2, 0.25) is 0 Å². The highest BCUT2D eigenvalue weighted by Gasteiger charge is 2.10. The van der Waals surface area contributed by atoms with E-state index in [-0.39, 0.29) is 18.8 Å². The maximum atomic E-state index is 11.6. The average molecular weight is 350 g/mol. The minimum Gasteiger partial charge on any atom is -0.445 e. The van der Waals surface area contributed by atoms with Crippen LogP contribution in [0.1, 0.15) is 11.3 Å². The van der Waals surface area contributed by atoms with Crippen molar-refractivity contribution in [1.29, 1.82) is 0 Å². The number of aromatic amines is 1. The van der Waals surface area contributed by atoms with Gasteiger partial charge in [-0.1, -0.05) is 36.3 Å². The van der Waals surface area contributed by atoms with Crippen LogP contribution in [-0.4, -0.2) is 27.8 Å². The lowest BCUT2D eigenvalue weighted by Gasteiger charge is -2.04. The van der Waals surface area contributed by atoms with Crippen LogP contribution in [0.5, 0.6) is 0 Å². The van der Waals surface area contributed by atoms with E-state index in [2.05, 4.69) is 27.4 Å². The minimum absolute atomic E-state index is 0.0374. The van der Waals surface area contributed by atoms with E-state index < -0.39 is 11.0 Å². The zero-order valence-corrected chi connectivity index (χ0v) is 13.6. The zero-order chi connectivity index (χ0) is 18.4. The second-order valence-corrected chi connectivity index (χ2v) is 5.27. The Morgan fingerprint density at radius 2 is 2.08 bits per heavy atom. The molecule has 1 heterocycles. The van der Waals surface area contributed by atoms with E-state index >= 15 is 0 Å². The van der Waals surface area contributed by atoms with Crippen LogP contribution in [0.4, 0.5) is 10.5 Å². The Hall–Kier alpha value is -3.86. The number of nitro groups is 1. The molecular formula is C18H14N4O4. The van der Waals surface area contributed by atoms with E-state index in [9.17, 15) is 14.9 Å². The Balaban J connectivity index is 1.56. The predicted molar refractivity (Wildman–Crippen MR) is 94.3 cm³/mol. The molecule has 130 valence electrons. The fourth-order valence-corrected chi connectivity index (χ4v) is 2.23. The van der Waals surface area contributed by atoms with E-state index in [0.29, 0.717) is 16.6 Å². The monoisotopic (exact) mass is 350 g/mol.